The minimum absolute atomic E-state index is 0.0463. The summed E-state index contributed by atoms with van der Waals surface area (Å²) < 4.78 is 0.0463. The molecule has 1 N–H and O–H groups in total. The second kappa shape index (κ2) is 7.76. The average molecular weight is 383 g/mol. The second-order valence-electron chi connectivity index (χ2n) is 6.39. The molecule has 0 aromatic carbocycles. The quantitative estimate of drug-likeness (QED) is 0.341. The summed E-state index contributed by atoms with van der Waals surface area (Å²) in [6.45, 7) is 4.35. The predicted molar refractivity (Wildman–Crippen MR) is 85.3 cm³/mol. The van der Waals surface area contributed by atoms with Gasteiger partial charge in [0.15, 0.2) is 0 Å². The molecule has 4 atom stereocenters. The van der Waals surface area contributed by atoms with Gasteiger partial charge in [-0.05, 0) is 31.6 Å². The van der Waals surface area contributed by atoms with E-state index in [-0.39, 0.29) is 20.8 Å². The van der Waals surface area contributed by atoms with E-state index in [2.05, 4.69) is 36.4 Å². The number of alkyl halides is 1. The topological polar surface area (TPSA) is 63.4 Å². The van der Waals surface area contributed by atoms with Gasteiger partial charge in [0.1, 0.15) is 0 Å². The Morgan fingerprint density at radius 3 is 2.63 bits per heavy atom. The summed E-state index contributed by atoms with van der Waals surface area (Å²) in [7, 11) is 0. The molecule has 5 heteroatoms. The molecule has 19 heavy (non-hydrogen) atoms. The van der Waals surface area contributed by atoms with Gasteiger partial charge in [0.2, 0.25) is 6.54 Å². The second-order valence-corrected chi connectivity index (χ2v) is 8.99. The fraction of sp³-hybridized carbons (Fsp3) is 1.00. The summed E-state index contributed by atoms with van der Waals surface area (Å²) in [6.07, 6.45) is 6.50. The van der Waals surface area contributed by atoms with Crippen LogP contribution < -0.4 is 0 Å². The zero-order valence-corrected chi connectivity index (χ0v) is 14.1. The number of nitro groups is 1. The van der Waals surface area contributed by atoms with Crippen LogP contribution in [0.15, 0.2) is 0 Å². The van der Waals surface area contributed by atoms with Gasteiger partial charge in [0.25, 0.3) is 0 Å². The van der Waals surface area contributed by atoms with Crippen LogP contribution in [0.3, 0.4) is 0 Å². The standard InChI is InChI=1S/C14H26INO3/c1-11-5-3-4-6-12(10-16(18)19)13(17)9-14(2,15)8-7-11/h11-13,17H,3-10H2,1-2H3/t11-,12?,13?,14+/m0/s1. The lowest BCUT2D eigenvalue weighted by Crippen LogP contribution is -2.33. The van der Waals surface area contributed by atoms with Gasteiger partial charge in [-0.25, -0.2) is 0 Å². The molecule has 0 heterocycles. The van der Waals surface area contributed by atoms with Gasteiger partial charge >= 0.3 is 0 Å². The first-order valence-corrected chi connectivity index (χ1v) is 8.37. The molecule has 1 rings (SSSR count). The Balaban J connectivity index is 2.71. The molecule has 1 saturated carbocycles. The average Bonchev–Trinajstić information content (AvgIpc) is 2.30. The highest BCUT2D eigenvalue weighted by atomic mass is 127. The maximum atomic E-state index is 10.7. The molecule has 1 fully saturated rings. The molecule has 1 aliphatic rings. The molecule has 4 nitrogen and oxygen atoms in total. The van der Waals surface area contributed by atoms with E-state index in [0.717, 1.165) is 31.6 Å². The molecular weight excluding hydrogens is 357 g/mol. The maximum absolute atomic E-state index is 10.7. The third-order valence-electron chi connectivity index (χ3n) is 4.24. The summed E-state index contributed by atoms with van der Waals surface area (Å²) >= 11 is 2.41. The van der Waals surface area contributed by atoms with Gasteiger partial charge in [-0.1, -0.05) is 55.7 Å². The Hall–Kier alpha value is 0.0900. The first-order valence-electron chi connectivity index (χ1n) is 7.29. The first-order chi connectivity index (χ1) is 8.80. The maximum Gasteiger partial charge on any atom is 0.209 e. The molecule has 0 aliphatic heterocycles. The van der Waals surface area contributed by atoms with Crippen molar-refractivity contribution in [2.45, 2.75) is 68.3 Å². The van der Waals surface area contributed by atoms with Gasteiger partial charge in [0, 0.05) is 14.3 Å². The Morgan fingerprint density at radius 2 is 2.00 bits per heavy atom. The Labute approximate surface area is 129 Å². The van der Waals surface area contributed by atoms with Gasteiger partial charge < -0.3 is 5.11 Å². The highest BCUT2D eigenvalue weighted by Gasteiger charge is 2.32. The Morgan fingerprint density at radius 1 is 1.37 bits per heavy atom. The summed E-state index contributed by atoms with van der Waals surface area (Å²) in [4.78, 5) is 10.5. The number of rotatable bonds is 2. The van der Waals surface area contributed by atoms with E-state index in [1.807, 2.05) is 0 Å². The first kappa shape index (κ1) is 17.1. The highest BCUT2D eigenvalue weighted by molar-refractivity contribution is 14.1. The van der Waals surface area contributed by atoms with Gasteiger partial charge in [-0.3, -0.25) is 10.1 Å². The Kier molecular flexibility index (Phi) is 7.00. The predicted octanol–water partition coefficient (Wildman–Crippen LogP) is 3.81. The largest absolute Gasteiger partial charge is 0.393 e. The van der Waals surface area contributed by atoms with Crippen molar-refractivity contribution < 1.29 is 10.0 Å². The van der Waals surface area contributed by atoms with E-state index in [1.54, 1.807) is 0 Å². The van der Waals surface area contributed by atoms with Gasteiger partial charge in [0.05, 0.1) is 6.10 Å². The normalized spacial score (nSPS) is 38.4. The van der Waals surface area contributed by atoms with E-state index in [9.17, 15) is 15.2 Å². The van der Waals surface area contributed by atoms with E-state index in [4.69, 9.17) is 0 Å². The number of aliphatic hydroxyl groups excluding tert-OH is 1. The summed E-state index contributed by atoms with van der Waals surface area (Å²) in [5, 5.41) is 21.1. The van der Waals surface area contributed by atoms with Crippen LogP contribution >= 0.6 is 22.6 Å². The lowest BCUT2D eigenvalue weighted by molar-refractivity contribution is -0.490. The van der Waals surface area contributed by atoms with Gasteiger partial charge in [-0.15, -0.1) is 0 Å². The van der Waals surface area contributed by atoms with E-state index in [1.165, 1.54) is 12.8 Å². The molecule has 0 amide bonds. The summed E-state index contributed by atoms with van der Waals surface area (Å²) in [6, 6.07) is 0. The third kappa shape index (κ3) is 6.88. The van der Waals surface area contributed by atoms with E-state index < -0.39 is 6.10 Å². The monoisotopic (exact) mass is 383 g/mol. The van der Waals surface area contributed by atoms with Gasteiger partial charge in [-0.2, -0.15) is 0 Å². The third-order valence-corrected chi connectivity index (χ3v) is 5.22. The number of hydrogen-bond acceptors (Lipinski definition) is 3. The van der Waals surface area contributed by atoms with Crippen LogP contribution in [-0.2, 0) is 0 Å². The number of aliphatic hydroxyl groups is 1. The molecule has 2 unspecified atom stereocenters. The van der Waals surface area contributed by atoms with Crippen molar-refractivity contribution in [2.24, 2.45) is 11.8 Å². The van der Waals surface area contributed by atoms with Crippen LogP contribution in [0.25, 0.3) is 0 Å². The summed E-state index contributed by atoms with van der Waals surface area (Å²) in [5.41, 5.74) is 0. The molecule has 0 aromatic rings. The van der Waals surface area contributed by atoms with Crippen molar-refractivity contribution in [2.75, 3.05) is 6.54 Å². The molecule has 0 saturated heterocycles. The number of halogens is 1. The van der Waals surface area contributed by atoms with Crippen LogP contribution in [0.1, 0.15) is 58.8 Å². The molecule has 0 radical (unpaired) electrons. The molecule has 0 aromatic heterocycles. The smallest absolute Gasteiger partial charge is 0.209 e. The fourth-order valence-corrected chi connectivity index (χ4v) is 3.66. The van der Waals surface area contributed by atoms with Crippen molar-refractivity contribution >= 4 is 22.6 Å². The minimum atomic E-state index is -0.541. The molecule has 0 spiro atoms. The van der Waals surface area contributed by atoms with E-state index >= 15 is 0 Å². The van der Waals surface area contributed by atoms with Crippen molar-refractivity contribution in [1.82, 2.24) is 0 Å². The van der Waals surface area contributed by atoms with Crippen molar-refractivity contribution in [3.8, 4) is 0 Å². The van der Waals surface area contributed by atoms with Crippen molar-refractivity contribution in [1.29, 1.82) is 0 Å². The number of hydrogen-bond donors (Lipinski definition) is 1. The van der Waals surface area contributed by atoms with Crippen LogP contribution in [0.2, 0.25) is 0 Å². The fourth-order valence-electron chi connectivity index (χ4n) is 2.89. The highest BCUT2D eigenvalue weighted by Crippen LogP contribution is 2.35. The lowest BCUT2D eigenvalue weighted by Gasteiger charge is -2.29. The minimum Gasteiger partial charge on any atom is -0.393 e. The van der Waals surface area contributed by atoms with E-state index in [0.29, 0.717) is 6.42 Å². The number of nitrogens with zero attached hydrogens (tertiary/aromatic N) is 1. The molecule has 1 aliphatic carbocycles. The van der Waals surface area contributed by atoms with Crippen LogP contribution in [-0.4, -0.2) is 26.1 Å². The SMILES string of the molecule is C[C@H]1CCCCC(C[N+](=O)[O-])C(O)C[C@](C)(I)CC1. The zero-order chi connectivity index (χ0) is 14.5. The Bertz CT molecular complexity index is 296. The molecule has 0 bridgehead atoms. The zero-order valence-electron chi connectivity index (χ0n) is 12.0. The van der Waals surface area contributed by atoms with Crippen LogP contribution in [0.5, 0.6) is 0 Å². The molecular formula is C14H26INO3. The van der Waals surface area contributed by atoms with Crippen molar-refractivity contribution in [3.05, 3.63) is 10.1 Å². The van der Waals surface area contributed by atoms with Crippen molar-refractivity contribution in [3.63, 3.8) is 0 Å². The van der Waals surface area contributed by atoms with Crippen LogP contribution in [0.4, 0.5) is 0 Å². The lowest BCUT2D eigenvalue weighted by atomic mass is 9.88. The van der Waals surface area contributed by atoms with Crippen LogP contribution in [0, 0.1) is 22.0 Å². The summed E-state index contributed by atoms with van der Waals surface area (Å²) in [5.74, 6) is 0.538. The molecule has 112 valence electrons.